The predicted molar refractivity (Wildman–Crippen MR) is 66.4 cm³/mol. The summed E-state index contributed by atoms with van der Waals surface area (Å²) in [5.74, 6) is 1.12. The molecule has 2 fully saturated rings. The van der Waals surface area contributed by atoms with Crippen molar-refractivity contribution in [3.63, 3.8) is 0 Å². The van der Waals surface area contributed by atoms with Crippen LogP contribution in [0.4, 0.5) is 0 Å². The van der Waals surface area contributed by atoms with Crippen LogP contribution in [0.3, 0.4) is 0 Å². The molecule has 1 aromatic heterocycles. The van der Waals surface area contributed by atoms with Crippen LogP contribution in [0.5, 0.6) is 0 Å². The van der Waals surface area contributed by atoms with Crippen molar-refractivity contribution < 1.29 is 5.11 Å². The molecular formula is C14H17N3O. The van der Waals surface area contributed by atoms with Crippen LogP contribution in [0.1, 0.15) is 24.1 Å². The van der Waals surface area contributed by atoms with Gasteiger partial charge in [0.05, 0.1) is 6.10 Å². The van der Waals surface area contributed by atoms with Crippen LogP contribution in [-0.4, -0.2) is 34.2 Å². The summed E-state index contributed by atoms with van der Waals surface area (Å²) in [5, 5.41) is 18.7. The second-order valence-corrected chi connectivity index (χ2v) is 5.42. The van der Waals surface area contributed by atoms with Crippen molar-refractivity contribution in [3.8, 4) is 6.07 Å². The van der Waals surface area contributed by atoms with Crippen LogP contribution in [0, 0.1) is 23.2 Å². The Kier molecular flexibility index (Phi) is 3.02. The number of nitriles is 1. The van der Waals surface area contributed by atoms with Crippen LogP contribution in [-0.2, 0) is 6.54 Å². The Balaban J connectivity index is 1.66. The molecule has 4 heteroatoms. The van der Waals surface area contributed by atoms with Crippen LogP contribution in [0.15, 0.2) is 18.3 Å². The minimum Gasteiger partial charge on any atom is -0.393 e. The molecule has 4 nitrogen and oxygen atoms in total. The quantitative estimate of drug-likeness (QED) is 0.846. The average molecular weight is 243 g/mol. The number of likely N-dealkylation sites (tertiary alicyclic amines) is 1. The van der Waals surface area contributed by atoms with Crippen molar-refractivity contribution in [2.75, 3.05) is 13.1 Å². The molecule has 3 atom stereocenters. The summed E-state index contributed by atoms with van der Waals surface area (Å²) in [6.07, 6.45) is 3.71. The predicted octanol–water partition coefficient (Wildman–Crippen LogP) is 1.16. The standard InChI is InChI=1S/C14H17N3O/c15-6-12-5-10(3-4-16-12)7-17-8-11-1-2-14(18)13(11)9-17/h3-5,11,13-14,18H,1-2,7-9H2. The van der Waals surface area contributed by atoms with Gasteiger partial charge in [0, 0.05) is 31.7 Å². The fourth-order valence-corrected chi connectivity index (χ4v) is 3.35. The number of rotatable bonds is 2. The summed E-state index contributed by atoms with van der Waals surface area (Å²) in [4.78, 5) is 6.37. The van der Waals surface area contributed by atoms with Gasteiger partial charge in [0.25, 0.3) is 0 Å². The van der Waals surface area contributed by atoms with Crippen LogP contribution < -0.4 is 0 Å². The topological polar surface area (TPSA) is 60.2 Å². The zero-order valence-electron chi connectivity index (χ0n) is 10.3. The average Bonchev–Trinajstić information content (AvgIpc) is 2.92. The molecular weight excluding hydrogens is 226 g/mol. The van der Waals surface area contributed by atoms with E-state index in [9.17, 15) is 5.11 Å². The summed E-state index contributed by atoms with van der Waals surface area (Å²) < 4.78 is 0. The molecule has 94 valence electrons. The molecule has 0 aromatic carbocycles. The Morgan fingerprint density at radius 3 is 3.11 bits per heavy atom. The summed E-state index contributed by atoms with van der Waals surface area (Å²) in [6.45, 7) is 2.92. The second-order valence-electron chi connectivity index (χ2n) is 5.42. The first kappa shape index (κ1) is 11.6. The fraction of sp³-hybridized carbons (Fsp3) is 0.571. The summed E-state index contributed by atoms with van der Waals surface area (Å²) in [7, 11) is 0. The van der Waals surface area contributed by atoms with Gasteiger partial charge in [-0.3, -0.25) is 4.90 Å². The third-order valence-electron chi connectivity index (χ3n) is 4.24. The molecule has 1 aliphatic heterocycles. The molecule has 18 heavy (non-hydrogen) atoms. The minimum atomic E-state index is -0.105. The van der Waals surface area contributed by atoms with Gasteiger partial charge in [-0.1, -0.05) is 0 Å². The van der Waals surface area contributed by atoms with Gasteiger partial charge in [-0.15, -0.1) is 0 Å². The van der Waals surface area contributed by atoms with Crippen molar-refractivity contribution in [2.45, 2.75) is 25.5 Å². The highest BCUT2D eigenvalue weighted by molar-refractivity contribution is 5.25. The number of aliphatic hydroxyl groups is 1. The van der Waals surface area contributed by atoms with E-state index in [1.165, 1.54) is 0 Å². The lowest BCUT2D eigenvalue weighted by atomic mass is 10.00. The molecule has 0 spiro atoms. The Bertz CT molecular complexity index is 482. The fourth-order valence-electron chi connectivity index (χ4n) is 3.35. The van der Waals surface area contributed by atoms with E-state index in [0.717, 1.165) is 38.0 Å². The number of hydrogen-bond acceptors (Lipinski definition) is 4. The van der Waals surface area contributed by atoms with Crippen LogP contribution in [0.25, 0.3) is 0 Å². The SMILES string of the molecule is N#Cc1cc(CN2CC3CCC(O)C3C2)ccn1. The van der Waals surface area contributed by atoms with Crippen molar-refractivity contribution in [2.24, 2.45) is 11.8 Å². The van der Waals surface area contributed by atoms with E-state index in [2.05, 4.69) is 16.0 Å². The summed E-state index contributed by atoms with van der Waals surface area (Å²) in [6, 6.07) is 5.88. The molecule has 1 N–H and O–H groups in total. The van der Waals surface area contributed by atoms with Crippen molar-refractivity contribution >= 4 is 0 Å². The van der Waals surface area contributed by atoms with Gasteiger partial charge in [0.2, 0.25) is 0 Å². The number of nitrogens with zero attached hydrogens (tertiary/aromatic N) is 3. The molecule has 2 heterocycles. The zero-order valence-corrected chi connectivity index (χ0v) is 10.3. The normalized spacial score (nSPS) is 31.2. The third kappa shape index (κ3) is 2.12. The molecule has 0 radical (unpaired) electrons. The molecule has 1 aromatic rings. The van der Waals surface area contributed by atoms with Gasteiger partial charge >= 0.3 is 0 Å². The van der Waals surface area contributed by atoms with E-state index < -0.39 is 0 Å². The van der Waals surface area contributed by atoms with E-state index in [-0.39, 0.29) is 6.10 Å². The van der Waals surface area contributed by atoms with Gasteiger partial charge in [-0.25, -0.2) is 4.98 Å². The van der Waals surface area contributed by atoms with Gasteiger partial charge < -0.3 is 5.11 Å². The number of pyridine rings is 1. The molecule has 0 amide bonds. The number of fused-ring (bicyclic) bond motifs is 1. The molecule has 3 unspecified atom stereocenters. The molecule has 2 aliphatic rings. The Labute approximate surface area is 107 Å². The second kappa shape index (κ2) is 4.68. The first-order valence-electron chi connectivity index (χ1n) is 6.51. The van der Waals surface area contributed by atoms with Gasteiger partial charge in [0.15, 0.2) is 0 Å². The monoisotopic (exact) mass is 243 g/mol. The number of aliphatic hydroxyl groups excluding tert-OH is 1. The third-order valence-corrected chi connectivity index (χ3v) is 4.24. The van der Waals surface area contributed by atoms with Crippen LogP contribution >= 0.6 is 0 Å². The van der Waals surface area contributed by atoms with Crippen molar-refractivity contribution in [1.29, 1.82) is 5.26 Å². The maximum atomic E-state index is 9.89. The van der Waals surface area contributed by atoms with E-state index in [4.69, 9.17) is 5.26 Å². The lowest BCUT2D eigenvalue weighted by Gasteiger charge is -2.17. The molecule has 1 saturated heterocycles. The summed E-state index contributed by atoms with van der Waals surface area (Å²) >= 11 is 0. The highest BCUT2D eigenvalue weighted by Crippen LogP contribution is 2.38. The van der Waals surface area contributed by atoms with E-state index in [1.807, 2.05) is 12.1 Å². The van der Waals surface area contributed by atoms with Gasteiger partial charge in [0.1, 0.15) is 11.8 Å². The van der Waals surface area contributed by atoms with Crippen LogP contribution in [0.2, 0.25) is 0 Å². The molecule has 0 bridgehead atoms. The Morgan fingerprint density at radius 1 is 1.44 bits per heavy atom. The number of aromatic nitrogens is 1. The highest BCUT2D eigenvalue weighted by Gasteiger charge is 2.41. The zero-order chi connectivity index (χ0) is 12.5. The molecule has 1 saturated carbocycles. The smallest absolute Gasteiger partial charge is 0.140 e. The van der Waals surface area contributed by atoms with Gasteiger partial charge in [-0.2, -0.15) is 5.26 Å². The van der Waals surface area contributed by atoms with Gasteiger partial charge in [-0.05, 0) is 36.5 Å². The number of hydrogen-bond donors (Lipinski definition) is 1. The lowest BCUT2D eigenvalue weighted by Crippen LogP contribution is -2.24. The molecule has 3 rings (SSSR count). The Morgan fingerprint density at radius 2 is 2.33 bits per heavy atom. The first-order valence-corrected chi connectivity index (χ1v) is 6.51. The van der Waals surface area contributed by atoms with Crippen molar-refractivity contribution in [3.05, 3.63) is 29.6 Å². The van der Waals surface area contributed by atoms with Crippen molar-refractivity contribution in [1.82, 2.24) is 9.88 Å². The van der Waals surface area contributed by atoms with E-state index in [1.54, 1.807) is 6.20 Å². The molecule has 1 aliphatic carbocycles. The Hall–Kier alpha value is -1.44. The maximum Gasteiger partial charge on any atom is 0.140 e. The first-order chi connectivity index (χ1) is 8.76. The lowest BCUT2D eigenvalue weighted by molar-refractivity contribution is 0.123. The maximum absolute atomic E-state index is 9.89. The largest absolute Gasteiger partial charge is 0.393 e. The highest BCUT2D eigenvalue weighted by atomic mass is 16.3. The van der Waals surface area contributed by atoms with E-state index >= 15 is 0 Å². The minimum absolute atomic E-state index is 0.105. The van der Waals surface area contributed by atoms with E-state index in [0.29, 0.717) is 17.5 Å². The summed E-state index contributed by atoms with van der Waals surface area (Å²) in [5.41, 5.74) is 1.61.